The first kappa shape index (κ1) is 17.4. The lowest BCUT2D eigenvalue weighted by molar-refractivity contribution is 0.0995. The zero-order chi connectivity index (χ0) is 19.0. The highest BCUT2D eigenvalue weighted by molar-refractivity contribution is 5.90. The van der Waals surface area contributed by atoms with Gasteiger partial charge < -0.3 is 16.0 Å². The monoisotopic (exact) mass is 372 g/mol. The van der Waals surface area contributed by atoms with Crippen molar-refractivity contribution in [3.63, 3.8) is 0 Å². The van der Waals surface area contributed by atoms with Crippen LogP contribution in [0.1, 0.15) is 41.4 Å². The number of nitrogens with zero attached hydrogens (tertiary/aromatic N) is 4. The number of halogens is 1. The first-order valence-corrected chi connectivity index (χ1v) is 8.99. The Balaban J connectivity index is 1.30. The zero-order valence-electron chi connectivity index (χ0n) is 14.7. The average molecular weight is 372 g/mol. The van der Waals surface area contributed by atoms with Crippen LogP contribution in [0.15, 0.2) is 36.5 Å². The lowest BCUT2D eigenvalue weighted by Gasteiger charge is -2.32. The van der Waals surface area contributed by atoms with Crippen molar-refractivity contribution >= 4 is 11.9 Å². The number of aromatic nitrogens is 3. The number of urea groups is 1. The molecule has 0 bridgehead atoms. The van der Waals surface area contributed by atoms with Crippen molar-refractivity contribution < 1.29 is 14.0 Å². The summed E-state index contributed by atoms with van der Waals surface area (Å²) < 4.78 is 16.5. The highest BCUT2D eigenvalue weighted by Gasteiger charge is 2.57. The minimum atomic E-state index is -1.47. The predicted molar refractivity (Wildman–Crippen MR) is 94.5 cm³/mol. The molecule has 3 N–H and O–H groups in total. The zero-order valence-corrected chi connectivity index (χ0v) is 14.7. The summed E-state index contributed by atoms with van der Waals surface area (Å²) in [4.78, 5) is 25.3. The molecule has 2 atom stereocenters. The molecule has 27 heavy (non-hydrogen) atoms. The fraction of sp³-hybridized carbons (Fsp3) is 0.444. The molecule has 1 saturated heterocycles. The van der Waals surface area contributed by atoms with E-state index in [4.69, 9.17) is 5.73 Å². The molecule has 1 aliphatic heterocycles. The second-order valence-corrected chi connectivity index (χ2v) is 7.10. The van der Waals surface area contributed by atoms with E-state index < -0.39 is 17.6 Å². The van der Waals surface area contributed by atoms with E-state index in [1.54, 1.807) is 33.8 Å². The van der Waals surface area contributed by atoms with Crippen molar-refractivity contribution in [1.29, 1.82) is 0 Å². The number of alkyl halides is 1. The molecule has 2 aliphatic rings. The summed E-state index contributed by atoms with van der Waals surface area (Å²) in [6.07, 6.45) is 3.19. The van der Waals surface area contributed by atoms with Crippen LogP contribution in [0, 0.1) is 0 Å². The van der Waals surface area contributed by atoms with Crippen molar-refractivity contribution in [2.24, 2.45) is 5.73 Å². The molecular formula is C18H21FN6O2. The van der Waals surface area contributed by atoms with Gasteiger partial charge in [-0.15, -0.1) is 5.10 Å². The largest absolute Gasteiger partial charge is 0.364 e. The Morgan fingerprint density at radius 1 is 1.22 bits per heavy atom. The molecule has 3 amide bonds. The van der Waals surface area contributed by atoms with Gasteiger partial charge in [0.2, 0.25) is 0 Å². The molecule has 2 heterocycles. The Labute approximate surface area is 155 Å². The number of piperidine rings is 1. The Hall–Kier alpha value is -2.97. The number of carbonyl (C=O) groups excluding carboxylic acids is 2. The molecule has 8 nitrogen and oxygen atoms in total. The summed E-state index contributed by atoms with van der Waals surface area (Å²) in [5.41, 5.74) is 4.45. The Bertz CT molecular complexity index is 849. The molecule has 2 unspecified atom stereocenters. The van der Waals surface area contributed by atoms with Gasteiger partial charge in [0, 0.05) is 19.5 Å². The number of hydrogen-bond donors (Lipinski definition) is 2. The van der Waals surface area contributed by atoms with Crippen LogP contribution in [0.4, 0.5) is 9.18 Å². The number of hydrogen-bond acceptors (Lipinski definition) is 4. The fourth-order valence-corrected chi connectivity index (χ4v) is 3.58. The summed E-state index contributed by atoms with van der Waals surface area (Å²) in [5, 5.41) is 10.5. The van der Waals surface area contributed by atoms with E-state index in [9.17, 15) is 14.0 Å². The van der Waals surface area contributed by atoms with Crippen molar-refractivity contribution in [1.82, 2.24) is 25.2 Å². The van der Waals surface area contributed by atoms with Gasteiger partial charge in [0.1, 0.15) is 0 Å². The molecule has 142 valence electrons. The summed E-state index contributed by atoms with van der Waals surface area (Å²) in [5.74, 6) is -0.615. The van der Waals surface area contributed by atoms with E-state index in [0.29, 0.717) is 37.9 Å². The van der Waals surface area contributed by atoms with Gasteiger partial charge in [-0.1, -0.05) is 35.5 Å². The standard InChI is InChI=1S/C18H21FN6O2/c19-18(12-4-2-1-3-5-12)10-15(18)21-17(27)24-8-6-13(7-9-24)25-11-14(16(20)26)22-23-25/h1-5,11,13,15H,6-10H2,(H2,20,26)(H,21,27). The van der Waals surface area contributed by atoms with Crippen LogP contribution in [0.25, 0.3) is 0 Å². The van der Waals surface area contributed by atoms with Gasteiger partial charge in [0.25, 0.3) is 5.91 Å². The molecule has 1 saturated carbocycles. The average Bonchev–Trinajstić information content (AvgIpc) is 3.11. The number of carbonyl (C=O) groups is 2. The lowest BCUT2D eigenvalue weighted by atomic mass is 10.1. The highest BCUT2D eigenvalue weighted by Crippen LogP contribution is 2.49. The van der Waals surface area contributed by atoms with Crippen LogP contribution in [0.3, 0.4) is 0 Å². The summed E-state index contributed by atoms with van der Waals surface area (Å²) >= 11 is 0. The van der Waals surface area contributed by atoms with Gasteiger partial charge >= 0.3 is 6.03 Å². The first-order valence-electron chi connectivity index (χ1n) is 8.99. The molecule has 0 spiro atoms. The molecular weight excluding hydrogens is 351 g/mol. The van der Waals surface area contributed by atoms with E-state index in [1.807, 2.05) is 6.07 Å². The van der Waals surface area contributed by atoms with E-state index in [0.717, 1.165) is 0 Å². The predicted octanol–water partition coefficient (Wildman–Crippen LogP) is 1.36. The smallest absolute Gasteiger partial charge is 0.317 e. The number of nitrogens with one attached hydrogen (secondary N) is 1. The maximum Gasteiger partial charge on any atom is 0.317 e. The van der Waals surface area contributed by atoms with E-state index >= 15 is 0 Å². The van der Waals surface area contributed by atoms with Crippen LogP contribution in [0.5, 0.6) is 0 Å². The molecule has 9 heteroatoms. The Kier molecular flexibility index (Phi) is 4.29. The summed E-state index contributed by atoms with van der Waals surface area (Å²) in [7, 11) is 0. The number of nitrogens with two attached hydrogens (primary N) is 1. The van der Waals surface area contributed by atoms with Crippen LogP contribution < -0.4 is 11.1 Å². The van der Waals surface area contributed by atoms with Gasteiger partial charge in [0.15, 0.2) is 11.4 Å². The number of rotatable bonds is 4. The molecule has 1 aromatic heterocycles. The molecule has 1 aromatic carbocycles. The minimum absolute atomic E-state index is 0.0557. The molecule has 4 rings (SSSR count). The topological polar surface area (TPSA) is 106 Å². The molecule has 2 aromatic rings. The first-order chi connectivity index (χ1) is 13.0. The number of benzene rings is 1. The fourth-order valence-electron chi connectivity index (χ4n) is 3.58. The number of amides is 3. The maximum atomic E-state index is 14.9. The summed E-state index contributed by atoms with van der Waals surface area (Å²) in [6.45, 7) is 1.05. The van der Waals surface area contributed by atoms with E-state index in [1.165, 1.54) is 6.20 Å². The van der Waals surface area contributed by atoms with Crippen molar-refractivity contribution in [2.45, 2.75) is 37.0 Å². The van der Waals surface area contributed by atoms with Crippen LogP contribution >= 0.6 is 0 Å². The third-order valence-electron chi connectivity index (χ3n) is 5.33. The number of likely N-dealkylation sites (tertiary alicyclic amines) is 1. The Morgan fingerprint density at radius 3 is 2.56 bits per heavy atom. The van der Waals surface area contributed by atoms with Crippen molar-refractivity contribution in [3.8, 4) is 0 Å². The second-order valence-electron chi connectivity index (χ2n) is 7.10. The highest BCUT2D eigenvalue weighted by atomic mass is 19.1. The molecule has 1 aliphatic carbocycles. The lowest BCUT2D eigenvalue weighted by Crippen LogP contribution is -2.46. The molecule has 2 fully saturated rings. The van der Waals surface area contributed by atoms with Gasteiger partial charge in [-0.25, -0.2) is 13.9 Å². The second kappa shape index (κ2) is 6.64. The van der Waals surface area contributed by atoms with Crippen LogP contribution in [-0.2, 0) is 5.67 Å². The van der Waals surface area contributed by atoms with Gasteiger partial charge in [-0.2, -0.15) is 0 Å². The van der Waals surface area contributed by atoms with Gasteiger partial charge in [-0.3, -0.25) is 4.79 Å². The summed E-state index contributed by atoms with van der Waals surface area (Å²) in [6, 6.07) is 8.25. The normalized spacial score (nSPS) is 25.2. The number of primary amides is 1. The quantitative estimate of drug-likeness (QED) is 0.845. The van der Waals surface area contributed by atoms with E-state index in [-0.39, 0.29) is 17.8 Å². The Morgan fingerprint density at radius 2 is 1.93 bits per heavy atom. The third-order valence-corrected chi connectivity index (χ3v) is 5.33. The van der Waals surface area contributed by atoms with Gasteiger partial charge in [-0.05, 0) is 18.4 Å². The minimum Gasteiger partial charge on any atom is -0.364 e. The van der Waals surface area contributed by atoms with Crippen molar-refractivity contribution in [3.05, 3.63) is 47.8 Å². The third kappa shape index (κ3) is 3.36. The van der Waals surface area contributed by atoms with Crippen LogP contribution in [0.2, 0.25) is 0 Å². The maximum absolute atomic E-state index is 14.9. The van der Waals surface area contributed by atoms with Crippen molar-refractivity contribution in [2.75, 3.05) is 13.1 Å². The van der Waals surface area contributed by atoms with Gasteiger partial charge in [0.05, 0.1) is 18.3 Å². The molecule has 0 radical (unpaired) electrons. The van der Waals surface area contributed by atoms with Crippen LogP contribution in [-0.4, -0.2) is 51.0 Å². The SMILES string of the molecule is NC(=O)c1cn(C2CCN(C(=O)NC3CC3(F)c3ccccc3)CC2)nn1. The van der Waals surface area contributed by atoms with E-state index in [2.05, 4.69) is 15.6 Å².